The van der Waals surface area contributed by atoms with Crippen molar-refractivity contribution in [2.45, 2.75) is 18.9 Å². The Morgan fingerprint density at radius 1 is 1.62 bits per heavy atom. The van der Waals surface area contributed by atoms with Gasteiger partial charge in [0.05, 0.1) is 12.6 Å². The van der Waals surface area contributed by atoms with Crippen LogP contribution in [0, 0.1) is 0 Å². The summed E-state index contributed by atoms with van der Waals surface area (Å²) in [4.78, 5) is 15.8. The number of aromatic nitrogens is 1. The summed E-state index contributed by atoms with van der Waals surface area (Å²) in [6, 6.07) is 3.54. The number of hydrogen-bond donors (Lipinski definition) is 1. The molecular weight excluding hydrogens is 272 g/mol. The molecule has 0 spiro atoms. The maximum atomic E-state index is 11.8. The van der Waals surface area contributed by atoms with Crippen LogP contribution in [0.15, 0.2) is 22.9 Å². The van der Waals surface area contributed by atoms with Gasteiger partial charge in [-0.25, -0.2) is 4.98 Å². The van der Waals surface area contributed by atoms with E-state index in [2.05, 4.69) is 26.2 Å². The molecule has 2 rings (SSSR count). The summed E-state index contributed by atoms with van der Waals surface area (Å²) < 4.78 is 5.97. The first-order valence-corrected chi connectivity index (χ1v) is 6.05. The molecule has 0 bridgehead atoms. The van der Waals surface area contributed by atoms with E-state index in [1.165, 1.54) is 0 Å². The van der Waals surface area contributed by atoms with Gasteiger partial charge in [-0.05, 0) is 40.9 Å². The second kappa shape index (κ2) is 5.41. The molecule has 1 unspecified atom stereocenters. The monoisotopic (exact) mass is 284 g/mol. The Labute approximate surface area is 103 Å². The predicted octanol–water partition coefficient (Wildman–Crippen LogP) is 1.75. The fourth-order valence-corrected chi connectivity index (χ4v) is 2.03. The summed E-state index contributed by atoms with van der Waals surface area (Å²) in [5.41, 5.74) is 0.618. The first kappa shape index (κ1) is 11.5. The van der Waals surface area contributed by atoms with Crippen molar-refractivity contribution in [1.82, 2.24) is 10.3 Å². The number of carbonyl (C=O) groups excluding carboxylic acids is 1. The van der Waals surface area contributed by atoms with E-state index >= 15 is 0 Å². The fourth-order valence-electron chi connectivity index (χ4n) is 1.67. The van der Waals surface area contributed by atoms with Gasteiger partial charge in [-0.2, -0.15) is 0 Å². The standard InChI is InChI=1S/C11H13BrN2O2/c12-10-6-8(3-4-13-10)11(15)14-9-2-1-5-16-7-9/h3-4,6,9H,1-2,5,7H2,(H,14,15). The van der Waals surface area contributed by atoms with Gasteiger partial charge >= 0.3 is 0 Å². The van der Waals surface area contributed by atoms with E-state index in [4.69, 9.17) is 4.74 Å². The SMILES string of the molecule is O=C(NC1CCCOC1)c1ccnc(Br)c1. The molecule has 0 saturated carbocycles. The molecule has 1 aromatic rings. The molecule has 0 aromatic carbocycles. The lowest BCUT2D eigenvalue weighted by atomic mass is 10.1. The molecule has 1 aliphatic rings. The number of carbonyl (C=O) groups is 1. The van der Waals surface area contributed by atoms with Gasteiger partial charge in [-0.1, -0.05) is 0 Å². The third-order valence-corrected chi connectivity index (χ3v) is 2.92. The van der Waals surface area contributed by atoms with Crippen LogP contribution in [0.1, 0.15) is 23.2 Å². The first-order valence-electron chi connectivity index (χ1n) is 5.26. The molecule has 16 heavy (non-hydrogen) atoms. The van der Waals surface area contributed by atoms with Gasteiger partial charge in [0.2, 0.25) is 0 Å². The minimum Gasteiger partial charge on any atom is -0.379 e. The molecule has 1 atom stereocenters. The Hall–Kier alpha value is -0.940. The largest absolute Gasteiger partial charge is 0.379 e. The van der Waals surface area contributed by atoms with Crippen LogP contribution in [-0.4, -0.2) is 30.1 Å². The summed E-state index contributed by atoms with van der Waals surface area (Å²) in [5.74, 6) is -0.0707. The minimum absolute atomic E-state index is 0.0707. The number of nitrogens with one attached hydrogen (secondary N) is 1. The lowest BCUT2D eigenvalue weighted by molar-refractivity contribution is 0.0624. The topological polar surface area (TPSA) is 51.2 Å². The van der Waals surface area contributed by atoms with E-state index < -0.39 is 0 Å². The zero-order valence-corrected chi connectivity index (χ0v) is 10.4. The zero-order valence-electron chi connectivity index (χ0n) is 8.78. The van der Waals surface area contributed by atoms with Crippen LogP contribution in [0.3, 0.4) is 0 Å². The van der Waals surface area contributed by atoms with Crippen LogP contribution >= 0.6 is 15.9 Å². The molecule has 2 heterocycles. The fraction of sp³-hybridized carbons (Fsp3) is 0.455. The Morgan fingerprint density at radius 3 is 3.19 bits per heavy atom. The van der Waals surface area contributed by atoms with Crippen molar-refractivity contribution >= 4 is 21.8 Å². The number of amides is 1. The van der Waals surface area contributed by atoms with Crippen LogP contribution in [-0.2, 0) is 4.74 Å². The lowest BCUT2D eigenvalue weighted by Gasteiger charge is -2.23. The molecule has 86 valence electrons. The molecule has 1 aliphatic heterocycles. The summed E-state index contributed by atoms with van der Waals surface area (Å²) in [6.45, 7) is 1.41. The lowest BCUT2D eigenvalue weighted by Crippen LogP contribution is -2.40. The molecule has 4 nitrogen and oxygen atoms in total. The van der Waals surface area contributed by atoms with Gasteiger partial charge in [-0.3, -0.25) is 4.79 Å². The molecule has 0 radical (unpaired) electrons. The Kier molecular flexibility index (Phi) is 3.90. The average molecular weight is 285 g/mol. The number of hydrogen-bond acceptors (Lipinski definition) is 3. The maximum Gasteiger partial charge on any atom is 0.251 e. The molecule has 0 aliphatic carbocycles. The second-order valence-electron chi connectivity index (χ2n) is 3.75. The van der Waals surface area contributed by atoms with Crippen LogP contribution < -0.4 is 5.32 Å². The van der Waals surface area contributed by atoms with Gasteiger partial charge in [0.25, 0.3) is 5.91 Å². The highest BCUT2D eigenvalue weighted by Crippen LogP contribution is 2.10. The van der Waals surface area contributed by atoms with Gasteiger partial charge < -0.3 is 10.1 Å². The van der Waals surface area contributed by atoms with Crippen molar-refractivity contribution in [2.24, 2.45) is 0 Å². The van der Waals surface area contributed by atoms with Gasteiger partial charge in [0.15, 0.2) is 0 Å². The van der Waals surface area contributed by atoms with Crippen LogP contribution in [0.5, 0.6) is 0 Å². The van der Waals surface area contributed by atoms with Crippen LogP contribution in [0.2, 0.25) is 0 Å². The highest BCUT2D eigenvalue weighted by Gasteiger charge is 2.17. The predicted molar refractivity (Wildman–Crippen MR) is 63.2 cm³/mol. The van der Waals surface area contributed by atoms with Crippen molar-refractivity contribution < 1.29 is 9.53 Å². The van der Waals surface area contributed by atoms with Crippen molar-refractivity contribution in [2.75, 3.05) is 13.2 Å². The van der Waals surface area contributed by atoms with Crippen LogP contribution in [0.4, 0.5) is 0 Å². The molecule has 1 aromatic heterocycles. The van der Waals surface area contributed by atoms with E-state index in [1.54, 1.807) is 18.3 Å². The summed E-state index contributed by atoms with van der Waals surface area (Å²) in [6.07, 6.45) is 3.60. The summed E-state index contributed by atoms with van der Waals surface area (Å²) in [5, 5.41) is 2.95. The highest BCUT2D eigenvalue weighted by atomic mass is 79.9. The Morgan fingerprint density at radius 2 is 2.50 bits per heavy atom. The Balaban J connectivity index is 1.97. The molecular formula is C11H13BrN2O2. The summed E-state index contributed by atoms with van der Waals surface area (Å²) in [7, 11) is 0. The van der Waals surface area contributed by atoms with Crippen molar-refractivity contribution in [3.8, 4) is 0 Å². The molecule has 1 saturated heterocycles. The highest BCUT2D eigenvalue weighted by molar-refractivity contribution is 9.10. The van der Waals surface area contributed by atoms with E-state index in [0.29, 0.717) is 16.8 Å². The third-order valence-electron chi connectivity index (χ3n) is 2.48. The number of rotatable bonds is 2. The van der Waals surface area contributed by atoms with Crippen molar-refractivity contribution in [1.29, 1.82) is 0 Å². The normalized spacial score (nSPS) is 20.4. The molecule has 1 amide bonds. The molecule has 5 heteroatoms. The van der Waals surface area contributed by atoms with Crippen molar-refractivity contribution in [3.63, 3.8) is 0 Å². The van der Waals surface area contributed by atoms with Crippen molar-refractivity contribution in [3.05, 3.63) is 28.5 Å². The van der Waals surface area contributed by atoms with Gasteiger partial charge in [0.1, 0.15) is 4.60 Å². The maximum absolute atomic E-state index is 11.8. The smallest absolute Gasteiger partial charge is 0.251 e. The zero-order chi connectivity index (χ0) is 11.4. The number of ether oxygens (including phenoxy) is 1. The summed E-state index contributed by atoms with van der Waals surface area (Å²) >= 11 is 3.24. The average Bonchev–Trinajstić information content (AvgIpc) is 2.30. The van der Waals surface area contributed by atoms with E-state index in [1.807, 2.05) is 0 Å². The molecule has 1 N–H and O–H groups in total. The van der Waals surface area contributed by atoms with Gasteiger partial charge in [-0.15, -0.1) is 0 Å². The van der Waals surface area contributed by atoms with Crippen LogP contribution in [0.25, 0.3) is 0 Å². The van der Waals surface area contributed by atoms with E-state index in [9.17, 15) is 4.79 Å². The first-order chi connectivity index (χ1) is 7.75. The minimum atomic E-state index is -0.0707. The number of pyridine rings is 1. The molecule has 1 fully saturated rings. The van der Waals surface area contributed by atoms with Gasteiger partial charge in [0, 0.05) is 18.4 Å². The quantitative estimate of drug-likeness (QED) is 0.842. The van der Waals surface area contributed by atoms with E-state index in [0.717, 1.165) is 19.4 Å². The number of nitrogens with zero attached hydrogens (tertiary/aromatic N) is 1. The Bertz CT molecular complexity index is 378. The van der Waals surface area contributed by atoms with E-state index in [-0.39, 0.29) is 11.9 Å². The second-order valence-corrected chi connectivity index (χ2v) is 4.57. The number of halogens is 1. The third kappa shape index (κ3) is 3.02.